The van der Waals surface area contributed by atoms with Gasteiger partial charge >= 0.3 is 321 Å². The molecule has 0 spiro atoms. The van der Waals surface area contributed by atoms with Gasteiger partial charge in [0.25, 0.3) is 0 Å². The Balaban J connectivity index is 0.000000293. The van der Waals surface area contributed by atoms with E-state index in [0.717, 1.165) is 4.47 Å². The van der Waals surface area contributed by atoms with E-state index in [1.807, 2.05) is 63.2 Å². The van der Waals surface area contributed by atoms with Gasteiger partial charge in [-0.15, -0.1) is 68.9 Å². The summed E-state index contributed by atoms with van der Waals surface area (Å²) >= 11 is 18.0. The maximum atomic E-state index is 3.69. The summed E-state index contributed by atoms with van der Waals surface area (Å²) in [7, 11) is 0. The van der Waals surface area contributed by atoms with Crippen LogP contribution in [0.1, 0.15) is 327 Å². The molecule has 0 radical (unpaired) electrons. The molecule has 0 fully saturated rings. The number of hydrogen-bond donors (Lipinski definition) is 0. The zero-order valence-electron chi connectivity index (χ0n) is 87.5. The number of halogens is 3. The van der Waals surface area contributed by atoms with Gasteiger partial charge in [-0.3, -0.25) is 0 Å². The molecule has 4 heterocycles. The van der Waals surface area contributed by atoms with Gasteiger partial charge in [0.15, 0.2) is 0 Å². The Hall–Kier alpha value is -5.26. The first kappa shape index (κ1) is 128. The van der Waals surface area contributed by atoms with E-state index in [4.69, 9.17) is 0 Å². The molecule has 0 unspecified atom stereocenters. The summed E-state index contributed by atoms with van der Waals surface area (Å²) in [6, 6.07) is 109. The minimum absolute atomic E-state index is 0. The molecular weight excluding hydrogens is 2280 g/mol. The van der Waals surface area contributed by atoms with Crippen LogP contribution in [-0.2, 0) is 0 Å². The van der Waals surface area contributed by atoms with E-state index in [2.05, 4.69) is 420 Å². The molecule has 10 aromatic carbocycles. The Morgan fingerprint density at radius 2 is 0.421 bits per heavy atom. The zero-order valence-corrected chi connectivity index (χ0v) is 103. The van der Waals surface area contributed by atoms with Gasteiger partial charge in [0.2, 0.25) is 0 Å². The molecule has 0 aliphatic heterocycles. The molecule has 14 aromatic rings. The fraction of sp³-hybridized carbons (Fsp3) is 0.433. The first-order valence-corrected chi connectivity index (χ1v) is 77.3. The average Bonchev–Trinajstić information content (AvgIpc) is 1.67. The Morgan fingerprint density at radius 3 is 0.710 bits per heavy atom. The van der Waals surface area contributed by atoms with Gasteiger partial charge in [-0.1, -0.05) is 352 Å². The number of thioether (sulfide) groups is 2. The average molecular weight is 2460 g/mol. The van der Waals surface area contributed by atoms with E-state index in [1.54, 1.807) is 33.8 Å². The van der Waals surface area contributed by atoms with Gasteiger partial charge in [0, 0.05) is 33.8 Å². The Kier molecular flexibility index (Phi) is 66.8. The molecule has 0 saturated carbocycles. The van der Waals surface area contributed by atoms with Gasteiger partial charge < -0.3 is 0 Å². The number of aryl methyl sites for hydroxylation is 2. The van der Waals surface area contributed by atoms with Crippen LogP contribution in [0.2, 0.25) is 26.6 Å². The second kappa shape index (κ2) is 75.5. The molecule has 0 aliphatic rings. The predicted molar refractivity (Wildman–Crippen MR) is 685 cm³/mol. The van der Waals surface area contributed by atoms with E-state index in [1.165, 1.54) is 367 Å². The minimum atomic E-state index is -2.25. The molecule has 0 saturated heterocycles. The Labute approximate surface area is 944 Å². The number of unbranched alkanes of at least 4 members (excludes halogenated alkanes) is 28. The third-order valence-corrected chi connectivity index (χ3v) is 68.4. The van der Waals surface area contributed by atoms with E-state index in [0.29, 0.717) is 0 Å². The molecule has 784 valence electrons. The van der Waals surface area contributed by atoms with Crippen molar-refractivity contribution >= 4 is 161 Å². The summed E-state index contributed by atoms with van der Waals surface area (Å²) in [6.45, 7) is 23.2. The third kappa shape index (κ3) is 44.8. The monoisotopic (exact) mass is 2460 g/mol. The van der Waals surface area contributed by atoms with Crippen LogP contribution in [0.4, 0.5) is 0 Å². The van der Waals surface area contributed by atoms with E-state index in [-0.39, 0.29) is 29.7 Å². The molecule has 14 rings (SSSR count). The summed E-state index contributed by atoms with van der Waals surface area (Å²) < 4.78 is 16.5. The van der Waals surface area contributed by atoms with Crippen molar-refractivity contribution in [1.29, 1.82) is 0 Å². The van der Waals surface area contributed by atoms with Crippen molar-refractivity contribution in [3.63, 3.8) is 0 Å². The Bertz CT molecular complexity index is 5440. The van der Waals surface area contributed by atoms with Crippen molar-refractivity contribution in [3.8, 4) is 96.0 Å². The van der Waals surface area contributed by atoms with Gasteiger partial charge in [0.1, 0.15) is 0 Å². The van der Waals surface area contributed by atoms with Gasteiger partial charge in [-0.2, -0.15) is 0 Å². The first-order chi connectivity index (χ1) is 69.2. The van der Waals surface area contributed by atoms with Gasteiger partial charge in [-0.05, 0) is 162 Å². The van der Waals surface area contributed by atoms with Crippen LogP contribution >= 0.6 is 117 Å². The fourth-order valence-corrected chi connectivity index (χ4v) is 60.4. The molecular formula is C134H183Br3S6Sn2. The summed E-state index contributed by atoms with van der Waals surface area (Å²) in [5, 5.41) is 0. The Morgan fingerprint density at radius 1 is 0.207 bits per heavy atom. The molecule has 0 amide bonds. The topological polar surface area (TPSA) is 0 Å². The van der Waals surface area contributed by atoms with Crippen LogP contribution < -0.4 is 7.16 Å². The van der Waals surface area contributed by atoms with E-state index < -0.39 is 36.8 Å². The quantitative estimate of drug-likeness (QED) is 0.0212. The summed E-state index contributed by atoms with van der Waals surface area (Å²) in [5.41, 5.74) is 18.3. The van der Waals surface area contributed by atoms with Crippen molar-refractivity contribution in [2.24, 2.45) is 0 Å². The summed E-state index contributed by atoms with van der Waals surface area (Å²) in [4.78, 5) is 11.3. The molecule has 0 aliphatic carbocycles. The van der Waals surface area contributed by atoms with Crippen LogP contribution in [0.5, 0.6) is 0 Å². The third-order valence-electron chi connectivity index (χ3n) is 27.9. The van der Waals surface area contributed by atoms with Crippen molar-refractivity contribution in [1.82, 2.24) is 0 Å². The number of thiophene rings is 4. The molecule has 0 atom stereocenters. The number of rotatable bonds is 57. The second-order valence-corrected chi connectivity index (χ2v) is 75.7. The second-order valence-electron chi connectivity index (χ2n) is 39.0. The van der Waals surface area contributed by atoms with Crippen LogP contribution in [-0.4, -0.2) is 48.3 Å². The van der Waals surface area contributed by atoms with E-state index in [9.17, 15) is 0 Å². The summed E-state index contributed by atoms with van der Waals surface area (Å²) in [6.07, 6.45) is 50.4. The molecule has 0 bridgehead atoms. The van der Waals surface area contributed by atoms with Crippen molar-refractivity contribution in [2.45, 2.75) is 367 Å². The van der Waals surface area contributed by atoms with Crippen LogP contribution in [0.25, 0.3) is 96.0 Å². The molecule has 4 aromatic heterocycles. The van der Waals surface area contributed by atoms with Crippen molar-refractivity contribution in [3.05, 3.63) is 320 Å². The molecule has 145 heavy (non-hydrogen) atoms. The van der Waals surface area contributed by atoms with Crippen LogP contribution in [0, 0.1) is 13.8 Å². The van der Waals surface area contributed by atoms with Crippen LogP contribution in [0.3, 0.4) is 0 Å². The molecule has 11 heteroatoms. The maximum absolute atomic E-state index is 3.69. The van der Waals surface area contributed by atoms with Crippen molar-refractivity contribution < 1.29 is 0 Å². The van der Waals surface area contributed by atoms with Gasteiger partial charge in [0.05, 0.1) is 17.3 Å². The van der Waals surface area contributed by atoms with E-state index >= 15 is 0 Å². The number of benzene rings is 10. The zero-order chi connectivity index (χ0) is 99.6. The SMILES string of the molecule is Brc1ccc(-c2ccccc2)cc1.C.C.C.C.CCCCCCCCCCCCCCSc1cc(-c2ccc(-c3ccccc3)cc2)sc1-c1sc(-c2ccc(-c3ccccc3)cc2)cc1C.CCCCCCCCCCCCCCSc1cc(Br)sc1-c1sc(Br)cc1C.CCC[CH2][Sn]([CH2]CCC)([CH2]CCC)[c]1ccc(-c2ccccc2)cc1.CCC[CH2][Sn]([CH2]CCC)([CH2]CCC)[c]1ccc(-c2ccccc2)cc1. The normalized spacial score (nSPS) is 11.0. The predicted octanol–water partition coefficient (Wildman–Crippen LogP) is 48.8. The molecule has 0 N–H and O–H groups in total. The van der Waals surface area contributed by atoms with Crippen molar-refractivity contribution in [2.75, 3.05) is 11.5 Å². The standard InChI is InChI=1S/C47H52S3.C23H34Br2S3.C12H9Br.2C12H9.6C4H9.4CH4.2Sn/c1-3-4-5-6-7-8-9-10-11-12-13-20-33-48-45-35-44(42-31-27-40(28-32-42)38-23-18-15-19-24-38)50-47(45)46-36(2)34-43(49-46)41-29-25-39(26-30-41)37-21-16-14-17-22-37;1-3-4-5-6-7-8-9-10-11-12-13-14-15-26-19-17-21(25)28-23(19)22-18(2)16-20(24)27-22;13-12-8-6-11(7-9-12)10-4-2-1-3-5-10;2*1-3-7-11(8-4-1)12-9-5-2-6-10-12;6*1-3-4-2;;;;;;/h14-19,21-32,34-35H,3-13,20,33H2,1-2H3;16-17H,3-15H2,1-2H3;1-9H;2*1,3-10H;6*1,3-4H2,2H3;4*1H4;;. The van der Waals surface area contributed by atoms with Gasteiger partial charge in [-0.25, -0.2) is 0 Å². The van der Waals surface area contributed by atoms with Crippen LogP contribution in [0.15, 0.2) is 319 Å². The molecule has 0 nitrogen and oxygen atoms in total. The summed E-state index contributed by atoms with van der Waals surface area (Å²) in [5.74, 6) is 2.42. The first-order valence-electron chi connectivity index (χ1n) is 54.7. The number of hydrogen-bond acceptors (Lipinski definition) is 6. The fourth-order valence-electron chi connectivity index (χ4n) is 19.4.